The highest BCUT2D eigenvalue weighted by Crippen LogP contribution is 2.39. The number of benzene rings is 3. The summed E-state index contributed by atoms with van der Waals surface area (Å²) in [6.07, 6.45) is 1.99. The molecule has 1 nitrogen and oxygen atoms in total. The summed E-state index contributed by atoms with van der Waals surface area (Å²) in [5.74, 6) is -0.168. The van der Waals surface area contributed by atoms with Gasteiger partial charge >= 0.3 is 0 Å². The number of hydrogen-bond donors (Lipinski definition) is 1. The Hall–Kier alpha value is -2.19. The van der Waals surface area contributed by atoms with Crippen LogP contribution >= 0.6 is 0 Å². The van der Waals surface area contributed by atoms with Gasteiger partial charge in [-0.1, -0.05) is 48.5 Å². The van der Waals surface area contributed by atoms with Gasteiger partial charge in [-0.2, -0.15) is 0 Å². The van der Waals surface area contributed by atoms with Crippen molar-refractivity contribution in [2.75, 3.05) is 0 Å². The van der Waals surface area contributed by atoms with E-state index >= 15 is 0 Å². The lowest BCUT2D eigenvalue weighted by molar-refractivity contribution is 0.640. The molecule has 0 bridgehead atoms. The van der Waals surface area contributed by atoms with Crippen LogP contribution in [0.5, 0.6) is 0 Å². The first-order valence-corrected chi connectivity index (χ1v) is 7.30. The van der Waals surface area contributed by atoms with Gasteiger partial charge < -0.3 is 5.73 Å². The zero-order valence-electron chi connectivity index (χ0n) is 11.6. The number of fused-ring (bicyclic) bond motifs is 2. The Labute approximate surface area is 123 Å². The molecule has 2 N–H and O–H groups in total. The lowest BCUT2D eigenvalue weighted by Crippen LogP contribution is -2.04. The molecule has 3 aromatic carbocycles. The molecule has 3 aromatic rings. The second-order valence-corrected chi connectivity index (χ2v) is 5.66. The normalized spacial score (nSPS) is 17.1. The predicted octanol–water partition coefficient (Wildman–Crippen LogP) is 4.59. The monoisotopic (exact) mass is 277 g/mol. The lowest BCUT2D eigenvalue weighted by atomic mass is 9.92. The molecule has 0 amide bonds. The van der Waals surface area contributed by atoms with Crippen molar-refractivity contribution in [1.29, 1.82) is 0 Å². The number of nitrogens with two attached hydrogens (primary N) is 1. The molecule has 1 atom stereocenters. The topological polar surface area (TPSA) is 26.0 Å². The van der Waals surface area contributed by atoms with Crippen LogP contribution in [-0.4, -0.2) is 0 Å². The minimum atomic E-state index is -0.168. The number of rotatable bonds is 1. The van der Waals surface area contributed by atoms with Gasteiger partial charge in [0, 0.05) is 11.4 Å². The van der Waals surface area contributed by atoms with Crippen LogP contribution in [-0.2, 0) is 6.42 Å². The molecule has 0 heterocycles. The third-order valence-electron chi connectivity index (χ3n) is 4.48. The molecule has 1 unspecified atom stereocenters. The minimum absolute atomic E-state index is 0.131. The first-order chi connectivity index (χ1) is 10.3. The zero-order valence-corrected chi connectivity index (χ0v) is 11.6. The standard InChI is InChI=1S/C19H16FN/c20-18-10-8-14(13-4-1-2-5-16(13)18)12-6-3-7-17-15(12)9-11-19(17)21/h1-8,10,19H,9,11,21H2. The largest absolute Gasteiger partial charge is 0.324 e. The molecule has 0 saturated carbocycles. The molecule has 1 aliphatic carbocycles. The third kappa shape index (κ3) is 1.87. The van der Waals surface area contributed by atoms with E-state index in [1.165, 1.54) is 16.7 Å². The Morgan fingerprint density at radius 2 is 1.67 bits per heavy atom. The molecule has 2 heteroatoms. The van der Waals surface area contributed by atoms with Crippen LogP contribution in [0.4, 0.5) is 4.39 Å². The summed E-state index contributed by atoms with van der Waals surface area (Å²) in [6, 6.07) is 17.5. The zero-order chi connectivity index (χ0) is 14.4. The highest BCUT2D eigenvalue weighted by Gasteiger charge is 2.22. The van der Waals surface area contributed by atoms with Crippen molar-refractivity contribution >= 4 is 10.8 Å². The summed E-state index contributed by atoms with van der Waals surface area (Å²) in [5.41, 5.74) is 11.0. The highest BCUT2D eigenvalue weighted by molar-refractivity contribution is 5.97. The molecule has 0 aromatic heterocycles. The maximum absolute atomic E-state index is 14.0. The number of halogens is 1. The Kier molecular flexibility index (Phi) is 2.79. The van der Waals surface area contributed by atoms with Crippen molar-refractivity contribution in [3.05, 3.63) is 71.5 Å². The van der Waals surface area contributed by atoms with E-state index in [1.54, 1.807) is 6.07 Å². The van der Waals surface area contributed by atoms with E-state index in [-0.39, 0.29) is 11.9 Å². The molecular weight excluding hydrogens is 261 g/mol. The molecule has 0 saturated heterocycles. The summed E-state index contributed by atoms with van der Waals surface area (Å²) in [5, 5.41) is 1.64. The summed E-state index contributed by atoms with van der Waals surface area (Å²) in [6.45, 7) is 0. The minimum Gasteiger partial charge on any atom is -0.324 e. The highest BCUT2D eigenvalue weighted by atomic mass is 19.1. The quantitative estimate of drug-likeness (QED) is 0.691. The fraction of sp³-hybridized carbons (Fsp3) is 0.158. The van der Waals surface area contributed by atoms with Crippen LogP contribution in [0.1, 0.15) is 23.6 Å². The third-order valence-corrected chi connectivity index (χ3v) is 4.48. The summed E-state index contributed by atoms with van der Waals surface area (Å²) in [4.78, 5) is 0. The van der Waals surface area contributed by atoms with E-state index in [4.69, 9.17) is 5.73 Å². The van der Waals surface area contributed by atoms with Gasteiger partial charge in [-0.3, -0.25) is 0 Å². The number of hydrogen-bond acceptors (Lipinski definition) is 1. The van der Waals surface area contributed by atoms with Crippen LogP contribution in [0.3, 0.4) is 0 Å². The van der Waals surface area contributed by atoms with Crippen molar-refractivity contribution in [1.82, 2.24) is 0 Å². The van der Waals surface area contributed by atoms with Gasteiger partial charge in [-0.05, 0) is 46.5 Å². The maximum atomic E-state index is 14.0. The van der Waals surface area contributed by atoms with E-state index in [0.29, 0.717) is 5.39 Å². The molecule has 104 valence electrons. The Morgan fingerprint density at radius 3 is 2.52 bits per heavy atom. The molecular formula is C19H16FN. The van der Waals surface area contributed by atoms with E-state index in [0.717, 1.165) is 23.8 Å². The average molecular weight is 277 g/mol. The van der Waals surface area contributed by atoms with Crippen LogP contribution < -0.4 is 5.73 Å². The molecule has 0 spiro atoms. The van der Waals surface area contributed by atoms with Gasteiger partial charge in [0.2, 0.25) is 0 Å². The molecule has 1 aliphatic rings. The van der Waals surface area contributed by atoms with Gasteiger partial charge in [-0.15, -0.1) is 0 Å². The average Bonchev–Trinajstić information content (AvgIpc) is 2.90. The molecule has 21 heavy (non-hydrogen) atoms. The predicted molar refractivity (Wildman–Crippen MR) is 84.6 cm³/mol. The lowest BCUT2D eigenvalue weighted by Gasteiger charge is -2.13. The van der Waals surface area contributed by atoms with Crippen molar-refractivity contribution in [2.24, 2.45) is 5.73 Å². The van der Waals surface area contributed by atoms with E-state index in [1.807, 2.05) is 30.3 Å². The summed E-state index contributed by atoms with van der Waals surface area (Å²) in [7, 11) is 0. The Balaban J connectivity index is 2.03. The van der Waals surface area contributed by atoms with E-state index in [9.17, 15) is 4.39 Å². The molecule has 0 fully saturated rings. The SMILES string of the molecule is NC1CCc2c(-c3ccc(F)c4ccccc34)cccc21. The van der Waals surface area contributed by atoms with Crippen LogP contribution in [0, 0.1) is 5.82 Å². The van der Waals surface area contributed by atoms with Crippen LogP contribution in [0.2, 0.25) is 0 Å². The second kappa shape index (κ2) is 4.68. The molecule has 0 aliphatic heterocycles. The fourth-order valence-corrected chi connectivity index (χ4v) is 3.44. The maximum Gasteiger partial charge on any atom is 0.131 e. The Morgan fingerprint density at radius 1 is 0.857 bits per heavy atom. The van der Waals surface area contributed by atoms with Crippen molar-refractivity contribution in [3.63, 3.8) is 0 Å². The van der Waals surface area contributed by atoms with Gasteiger partial charge in [0.15, 0.2) is 0 Å². The van der Waals surface area contributed by atoms with E-state index in [2.05, 4.69) is 18.2 Å². The fourth-order valence-electron chi connectivity index (χ4n) is 3.44. The van der Waals surface area contributed by atoms with Gasteiger partial charge in [0.25, 0.3) is 0 Å². The second-order valence-electron chi connectivity index (χ2n) is 5.66. The van der Waals surface area contributed by atoms with Gasteiger partial charge in [0.1, 0.15) is 5.82 Å². The molecule has 0 radical (unpaired) electrons. The van der Waals surface area contributed by atoms with Crippen molar-refractivity contribution in [2.45, 2.75) is 18.9 Å². The van der Waals surface area contributed by atoms with Crippen LogP contribution in [0.25, 0.3) is 21.9 Å². The van der Waals surface area contributed by atoms with Crippen molar-refractivity contribution in [3.8, 4) is 11.1 Å². The summed E-state index contributed by atoms with van der Waals surface area (Å²) >= 11 is 0. The smallest absolute Gasteiger partial charge is 0.131 e. The van der Waals surface area contributed by atoms with Gasteiger partial charge in [-0.25, -0.2) is 4.39 Å². The molecule has 4 rings (SSSR count). The van der Waals surface area contributed by atoms with Gasteiger partial charge in [0.05, 0.1) is 0 Å². The van der Waals surface area contributed by atoms with Crippen molar-refractivity contribution < 1.29 is 4.39 Å². The van der Waals surface area contributed by atoms with Crippen LogP contribution in [0.15, 0.2) is 54.6 Å². The first kappa shape index (κ1) is 12.5. The summed E-state index contributed by atoms with van der Waals surface area (Å²) < 4.78 is 14.0. The first-order valence-electron chi connectivity index (χ1n) is 7.30. The van der Waals surface area contributed by atoms with E-state index < -0.39 is 0 Å². The Bertz CT molecular complexity index is 838.